The van der Waals surface area contributed by atoms with Crippen molar-refractivity contribution in [3.05, 3.63) is 255 Å². The van der Waals surface area contributed by atoms with E-state index in [1.807, 2.05) is 0 Å². The highest BCUT2D eigenvalue weighted by atomic mass is 15.1. The summed E-state index contributed by atoms with van der Waals surface area (Å²) >= 11 is 0. The van der Waals surface area contributed by atoms with Crippen LogP contribution < -0.4 is 4.90 Å². The molecule has 1 aromatic heterocycles. The van der Waals surface area contributed by atoms with Gasteiger partial charge in [0.2, 0.25) is 0 Å². The summed E-state index contributed by atoms with van der Waals surface area (Å²) in [7, 11) is 0. The lowest BCUT2D eigenvalue weighted by Gasteiger charge is -2.27. The Morgan fingerprint density at radius 1 is 0.234 bits per heavy atom. The normalized spacial score (nSPS) is 11.4. The number of aromatic nitrogens is 1. The van der Waals surface area contributed by atoms with Crippen LogP contribution in [0.25, 0.3) is 93.5 Å². The lowest BCUT2D eigenvalue weighted by atomic mass is 9.84. The molecule has 0 aliphatic carbocycles. The van der Waals surface area contributed by atoms with Crippen LogP contribution in [0, 0.1) is 0 Å². The van der Waals surface area contributed by atoms with Crippen LogP contribution in [0.2, 0.25) is 0 Å². The first-order valence-corrected chi connectivity index (χ1v) is 22.0. The topological polar surface area (TPSA) is 8.17 Å². The molecular formula is C62H42N2. The zero-order chi connectivity index (χ0) is 42.4. The average molecular weight is 815 g/mol. The van der Waals surface area contributed by atoms with Crippen LogP contribution in [0.5, 0.6) is 0 Å². The summed E-state index contributed by atoms with van der Waals surface area (Å²) in [5.74, 6) is 0. The number of para-hydroxylation sites is 2. The highest BCUT2D eigenvalue weighted by Gasteiger charge is 2.21. The summed E-state index contributed by atoms with van der Waals surface area (Å²) in [5.41, 5.74) is 16.4. The van der Waals surface area contributed by atoms with Gasteiger partial charge in [0, 0.05) is 33.5 Å². The van der Waals surface area contributed by atoms with E-state index in [4.69, 9.17) is 0 Å². The number of rotatable bonds is 8. The molecule has 0 amide bonds. The van der Waals surface area contributed by atoms with E-state index in [2.05, 4.69) is 264 Å². The van der Waals surface area contributed by atoms with Crippen molar-refractivity contribution in [3.8, 4) is 50.2 Å². The van der Waals surface area contributed by atoms with Crippen molar-refractivity contribution < 1.29 is 0 Å². The molecule has 12 rings (SSSR count). The maximum absolute atomic E-state index is 2.42. The van der Waals surface area contributed by atoms with E-state index in [0.29, 0.717) is 0 Å². The van der Waals surface area contributed by atoms with Crippen molar-refractivity contribution in [3.63, 3.8) is 0 Å². The van der Waals surface area contributed by atoms with E-state index in [0.717, 1.165) is 28.3 Å². The summed E-state index contributed by atoms with van der Waals surface area (Å²) in [6.45, 7) is 0. The second-order valence-electron chi connectivity index (χ2n) is 16.5. The molecule has 0 N–H and O–H groups in total. The Labute approximate surface area is 373 Å². The Hall–Kier alpha value is -8.46. The highest BCUT2D eigenvalue weighted by Crippen LogP contribution is 2.47. The largest absolute Gasteiger partial charge is 0.310 e. The third-order valence-electron chi connectivity index (χ3n) is 12.7. The van der Waals surface area contributed by atoms with Crippen molar-refractivity contribution in [1.29, 1.82) is 0 Å². The van der Waals surface area contributed by atoms with E-state index >= 15 is 0 Å². The molecule has 0 aliphatic heterocycles. The number of hydrogen-bond acceptors (Lipinski definition) is 1. The Morgan fingerprint density at radius 3 is 1.34 bits per heavy atom. The van der Waals surface area contributed by atoms with E-state index in [-0.39, 0.29) is 0 Å². The quantitative estimate of drug-likeness (QED) is 0.139. The van der Waals surface area contributed by atoms with E-state index < -0.39 is 0 Å². The van der Waals surface area contributed by atoms with Gasteiger partial charge in [-0.3, -0.25) is 0 Å². The van der Waals surface area contributed by atoms with E-state index in [1.54, 1.807) is 0 Å². The summed E-state index contributed by atoms with van der Waals surface area (Å²) in [6, 6.07) is 92.7. The molecular weight excluding hydrogens is 773 g/mol. The lowest BCUT2D eigenvalue weighted by Crippen LogP contribution is -2.10. The summed E-state index contributed by atoms with van der Waals surface area (Å²) in [6.07, 6.45) is 0. The molecule has 0 unspecified atom stereocenters. The zero-order valence-corrected chi connectivity index (χ0v) is 35.1. The number of hydrogen-bond donors (Lipinski definition) is 0. The monoisotopic (exact) mass is 814 g/mol. The van der Waals surface area contributed by atoms with Crippen LogP contribution in [0.15, 0.2) is 255 Å². The SMILES string of the molecule is c1ccc(-c2cccc(N(c3cccc(-c4ccc5c(c4)c(-c4ccccc4)c(-c4ccccc4)c4ccccc45)c3)c3ccc4c(c3)c3ccccc3n4-c3ccccc3)c2)cc1. The smallest absolute Gasteiger partial charge is 0.0542 e. The van der Waals surface area contributed by atoms with Crippen LogP contribution in [-0.2, 0) is 0 Å². The van der Waals surface area contributed by atoms with Gasteiger partial charge in [0.15, 0.2) is 0 Å². The van der Waals surface area contributed by atoms with Gasteiger partial charge in [-0.05, 0) is 133 Å². The number of nitrogens with zero attached hydrogens (tertiary/aromatic N) is 2. The molecule has 64 heavy (non-hydrogen) atoms. The van der Waals surface area contributed by atoms with Gasteiger partial charge in [-0.15, -0.1) is 0 Å². The Balaban J connectivity index is 1.07. The molecule has 12 aromatic rings. The molecule has 2 nitrogen and oxygen atoms in total. The van der Waals surface area contributed by atoms with E-state index in [9.17, 15) is 0 Å². The molecule has 0 fully saturated rings. The maximum atomic E-state index is 2.42. The third kappa shape index (κ3) is 6.44. The second kappa shape index (κ2) is 15.8. The molecule has 300 valence electrons. The fraction of sp³-hybridized carbons (Fsp3) is 0. The van der Waals surface area contributed by atoms with Crippen molar-refractivity contribution >= 4 is 60.4 Å². The molecule has 0 saturated heterocycles. The Morgan fingerprint density at radius 2 is 0.688 bits per heavy atom. The van der Waals surface area contributed by atoms with E-state index in [1.165, 1.54) is 82.3 Å². The van der Waals surface area contributed by atoms with Gasteiger partial charge < -0.3 is 9.47 Å². The second-order valence-corrected chi connectivity index (χ2v) is 16.5. The van der Waals surface area contributed by atoms with Gasteiger partial charge in [0.05, 0.1) is 11.0 Å². The number of benzene rings is 11. The molecule has 1 heterocycles. The minimum absolute atomic E-state index is 1.08. The minimum atomic E-state index is 1.08. The van der Waals surface area contributed by atoms with Crippen LogP contribution in [0.3, 0.4) is 0 Å². The van der Waals surface area contributed by atoms with Crippen molar-refractivity contribution in [1.82, 2.24) is 4.57 Å². The van der Waals surface area contributed by atoms with Crippen molar-refractivity contribution in [2.24, 2.45) is 0 Å². The van der Waals surface area contributed by atoms with Crippen LogP contribution in [0.1, 0.15) is 0 Å². The fourth-order valence-corrected chi connectivity index (χ4v) is 9.86. The molecule has 0 atom stereocenters. The van der Waals surface area contributed by atoms with Crippen LogP contribution in [-0.4, -0.2) is 4.57 Å². The molecule has 11 aromatic carbocycles. The predicted molar refractivity (Wildman–Crippen MR) is 272 cm³/mol. The molecule has 0 radical (unpaired) electrons. The van der Waals surface area contributed by atoms with Gasteiger partial charge in [-0.25, -0.2) is 0 Å². The third-order valence-corrected chi connectivity index (χ3v) is 12.7. The van der Waals surface area contributed by atoms with Crippen LogP contribution >= 0.6 is 0 Å². The molecule has 0 spiro atoms. The van der Waals surface area contributed by atoms with Gasteiger partial charge in [-0.1, -0.05) is 188 Å². The van der Waals surface area contributed by atoms with Crippen molar-refractivity contribution in [2.75, 3.05) is 4.90 Å². The minimum Gasteiger partial charge on any atom is -0.310 e. The first-order valence-electron chi connectivity index (χ1n) is 22.0. The van der Waals surface area contributed by atoms with Gasteiger partial charge in [0.1, 0.15) is 0 Å². The summed E-state index contributed by atoms with van der Waals surface area (Å²) in [5, 5.41) is 7.43. The average Bonchev–Trinajstić information content (AvgIpc) is 3.71. The zero-order valence-electron chi connectivity index (χ0n) is 35.1. The maximum Gasteiger partial charge on any atom is 0.0542 e. The molecule has 0 saturated carbocycles. The first-order chi connectivity index (χ1) is 31.8. The highest BCUT2D eigenvalue weighted by molar-refractivity contribution is 6.22. The lowest BCUT2D eigenvalue weighted by molar-refractivity contribution is 1.18. The molecule has 2 heteroatoms. The number of anilines is 3. The fourth-order valence-electron chi connectivity index (χ4n) is 9.86. The summed E-state index contributed by atoms with van der Waals surface area (Å²) in [4.78, 5) is 2.42. The predicted octanol–water partition coefficient (Wildman–Crippen LogP) is 17.2. The van der Waals surface area contributed by atoms with Gasteiger partial charge in [0.25, 0.3) is 0 Å². The Bertz CT molecular complexity index is 3650. The first kappa shape index (κ1) is 37.3. The van der Waals surface area contributed by atoms with Crippen LogP contribution in [0.4, 0.5) is 17.1 Å². The standard InChI is InChI=1S/C62H42N2/c1-5-19-43(20-6-1)46-25-17-29-50(39-46)63(52-36-38-60-57(42-52)55-32-15-16-34-59(55)64(60)49-27-11-4-12-28-49)51-30-18-26-47(40-51)48-35-37-54-53-31-13-14-33-56(53)61(44-21-7-2-8-22-44)62(58(54)41-48)45-23-9-3-10-24-45/h1-42H. The van der Waals surface area contributed by atoms with Gasteiger partial charge >= 0.3 is 0 Å². The number of fused-ring (bicyclic) bond motifs is 6. The summed E-state index contributed by atoms with van der Waals surface area (Å²) < 4.78 is 2.38. The van der Waals surface area contributed by atoms with Crippen molar-refractivity contribution in [2.45, 2.75) is 0 Å². The van der Waals surface area contributed by atoms with Gasteiger partial charge in [-0.2, -0.15) is 0 Å². The molecule has 0 bridgehead atoms. The Kier molecular flexibility index (Phi) is 9.20. The molecule has 0 aliphatic rings.